The Morgan fingerprint density at radius 3 is 1.20 bits per heavy atom. The van der Waals surface area contributed by atoms with Gasteiger partial charge in [-0.2, -0.15) is 0 Å². The largest absolute Gasteiger partial charge is 0.480 e. The number of carbonyl (C=O) groups excluding carboxylic acids is 9. The van der Waals surface area contributed by atoms with E-state index in [9.17, 15) is 53.1 Å². The zero-order valence-electron chi connectivity index (χ0n) is 24.6. The van der Waals surface area contributed by atoms with Crippen LogP contribution in [-0.2, 0) is 47.9 Å². The number of aliphatic hydroxyl groups excluding tert-OH is 2. The molecule has 258 valence electrons. The van der Waals surface area contributed by atoms with Gasteiger partial charge in [0.2, 0.25) is 53.2 Å². The molecule has 0 aromatic rings. The molecule has 3 atom stereocenters. The van der Waals surface area contributed by atoms with Crippen LogP contribution in [0.3, 0.4) is 0 Å². The smallest absolute Gasteiger partial charge is 0.328 e. The molecule has 0 fully saturated rings. The van der Waals surface area contributed by atoms with Crippen molar-refractivity contribution in [1.82, 2.24) is 47.9 Å². The van der Waals surface area contributed by atoms with Crippen molar-refractivity contribution in [2.24, 2.45) is 5.73 Å². The van der Waals surface area contributed by atoms with Gasteiger partial charge in [-0.05, 0) is 6.92 Å². The van der Waals surface area contributed by atoms with Gasteiger partial charge in [-0.25, -0.2) is 4.79 Å². The average molecular weight is 663 g/mol. The summed E-state index contributed by atoms with van der Waals surface area (Å²) in [5.74, 6) is -8.89. The maximum atomic E-state index is 12.4. The number of carbonyl (C=O) groups is 10. The van der Waals surface area contributed by atoms with E-state index in [1.54, 1.807) is 0 Å². The molecule has 0 saturated carbocycles. The van der Waals surface area contributed by atoms with Gasteiger partial charge >= 0.3 is 5.97 Å². The number of aliphatic hydroxyl groups is 2. The molecule has 0 rings (SSSR count). The van der Waals surface area contributed by atoms with Gasteiger partial charge in [0.1, 0.15) is 12.1 Å². The van der Waals surface area contributed by atoms with Crippen LogP contribution in [0.25, 0.3) is 0 Å². The zero-order valence-corrected chi connectivity index (χ0v) is 24.6. The van der Waals surface area contributed by atoms with Crippen molar-refractivity contribution >= 4 is 59.1 Å². The Morgan fingerprint density at radius 1 is 0.543 bits per heavy atom. The van der Waals surface area contributed by atoms with Crippen molar-refractivity contribution in [3.05, 3.63) is 0 Å². The molecular formula is C23H38N10O13. The van der Waals surface area contributed by atoms with Crippen LogP contribution >= 0.6 is 0 Å². The first-order chi connectivity index (χ1) is 21.6. The molecule has 0 saturated heterocycles. The Kier molecular flexibility index (Phi) is 19.5. The van der Waals surface area contributed by atoms with E-state index in [0.29, 0.717) is 0 Å². The first kappa shape index (κ1) is 40.6. The highest BCUT2D eigenvalue weighted by Gasteiger charge is 2.26. The number of amides is 9. The number of carboxylic acid groups (broad SMARTS) is 1. The van der Waals surface area contributed by atoms with Crippen LogP contribution < -0.4 is 53.6 Å². The number of hydrogen-bond donors (Lipinski definition) is 13. The van der Waals surface area contributed by atoms with E-state index in [-0.39, 0.29) is 6.54 Å². The van der Waals surface area contributed by atoms with Crippen molar-refractivity contribution in [2.45, 2.75) is 25.1 Å². The lowest BCUT2D eigenvalue weighted by atomic mass is 10.1. The van der Waals surface area contributed by atoms with Crippen molar-refractivity contribution in [2.75, 3.05) is 59.0 Å². The van der Waals surface area contributed by atoms with Crippen molar-refractivity contribution in [3.63, 3.8) is 0 Å². The van der Waals surface area contributed by atoms with Crippen LogP contribution in [-0.4, -0.2) is 152 Å². The molecule has 0 spiro atoms. The summed E-state index contributed by atoms with van der Waals surface area (Å²) in [6.07, 6.45) is -1.44. The molecule has 23 heteroatoms. The number of aliphatic carboxylic acids is 1. The fraction of sp³-hybridized carbons (Fsp3) is 0.565. The Balaban J connectivity index is 4.39. The molecule has 0 aromatic carbocycles. The molecule has 0 aliphatic heterocycles. The van der Waals surface area contributed by atoms with E-state index in [0.717, 1.165) is 6.92 Å². The summed E-state index contributed by atoms with van der Waals surface area (Å²) in [5.41, 5.74) is 5.07. The summed E-state index contributed by atoms with van der Waals surface area (Å²) in [7, 11) is 0. The second-order valence-electron chi connectivity index (χ2n) is 9.01. The van der Waals surface area contributed by atoms with E-state index in [2.05, 4.69) is 42.5 Å². The van der Waals surface area contributed by atoms with Gasteiger partial charge in [0, 0.05) is 0 Å². The standard InChI is InChI=1S/C23H38N10O13/c1-11(35)21(33-20(43)9-30-17(40)6-26-14(37)3-25-13(36)2-24)22(44)31-7-18(41)28-4-15(38)27-5-16(39)29-8-19(42)32-12(10-34)23(45)46/h11-12,21,34-35H,2-10,24H2,1H3,(H,25,36)(H,26,37)(H,27,38)(H,28,41)(H,29,39)(H,30,40)(H,31,44)(H,32,42)(H,33,43)(H,45,46)/t11-,12+,21+/m1/s1. The molecule has 0 aliphatic rings. The Morgan fingerprint density at radius 2 is 0.870 bits per heavy atom. The minimum atomic E-state index is -1.56. The predicted molar refractivity (Wildman–Crippen MR) is 150 cm³/mol. The van der Waals surface area contributed by atoms with Gasteiger partial charge < -0.3 is 68.9 Å². The highest BCUT2D eigenvalue weighted by atomic mass is 16.4. The Hall–Kier alpha value is -5.42. The molecule has 23 nitrogen and oxygen atoms in total. The van der Waals surface area contributed by atoms with Gasteiger partial charge in [-0.3, -0.25) is 43.2 Å². The first-order valence-electron chi connectivity index (χ1n) is 13.3. The predicted octanol–water partition coefficient (Wildman–Crippen LogP) is -9.81. The van der Waals surface area contributed by atoms with Gasteiger partial charge in [0.15, 0.2) is 0 Å². The Bertz CT molecular complexity index is 1150. The minimum Gasteiger partial charge on any atom is -0.480 e. The number of nitrogens with two attached hydrogens (primary N) is 1. The molecule has 14 N–H and O–H groups in total. The molecule has 46 heavy (non-hydrogen) atoms. The van der Waals surface area contributed by atoms with Crippen molar-refractivity contribution in [1.29, 1.82) is 0 Å². The SMILES string of the molecule is C[C@@H](O)[C@H](NC(=O)CNC(=O)CNC(=O)CNC(=O)CN)C(=O)NCC(=O)NCC(=O)NCC(=O)NCC(=O)N[C@@H](CO)C(=O)O. The molecule has 0 aliphatic carbocycles. The minimum absolute atomic E-state index is 0.328. The summed E-state index contributed by atoms with van der Waals surface area (Å²) >= 11 is 0. The normalized spacial score (nSPS) is 12.1. The van der Waals surface area contributed by atoms with Crippen LogP contribution in [0.4, 0.5) is 0 Å². The highest BCUT2D eigenvalue weighted by molar-refractivity contribution is 5.94. The molecule has 0 unspecified atom stereocenters. The van der Waals surface area contributed by atoms with E-state index in [4.69, 9.17) is 15.9 Å². The van der Waals surface area contributed by atoms with Crippen LogP contribution in [0, 0.1) is 0 Å². The quantitative estimate of drug-likeness (QED) is 0.0543. The summed E-state index contributed by atoms with van der Waals surface area (Å²) in [6, 6.07) is -3.11. The number of rotatable bonds is 21. The summed E-state index contributed by atoms with van der Waals surface area (Å²) in [6.45, 7) is -4.20. The third kappa shape index (κ3) is 19.0. The topological polar surface area (TPSA) is 366 Å². The highest BCUT2D eigenvalue weighted by Crippen LogP contribution is 1.93. The maximum Gasteiger partial charge on any atom is 0.328 e. The number of carboxylic acids is 1. The van der Waals surface area contributed by atoms with Crippen LogP contribution in [0.15, 0.2) is 0 Å². The van der Waals surface area contributed by atoms with Crippen molar-refractivity contribution < 1.29 is 63.3 Å². The van der Waals surface area contributed by atoms with E-state index in [1.165, 1.54) is 0 Å². The summed E-state index contributed by atoms with van der Waals surface area (Å²) in [4.78, 5) is 117. The molecule has 0 radical (unpaired) electrons. The van der Waals surface area contributed by atoms with E-state index >= 15 is 0 Å². The second-order valence-corrected chi connectivity index (χ2v) is 9.01. The van der Waals surface area contributed by atoms with E-state index < -0.39 is 130 Å². The van der Waals surface area contributed by atoms with Gasteiger partial charge in [0.05, 0.1) is 65.1 Å². The lowest BCUT2D eigenvalue weighted by molar-refractivity contribution is -0.142. The summed E-state index contributed by atoms with van der Waals surface area (Å²) in [5, 5.41) is 46.5. The fourth-order valence-corrected chi connectivity index (χ4v) is 2.80. The van der Waals surface area contributed by atoms with E-state index in [1.807, 2.05) is 5.32 Å². The Labute approximate surface area is 260 Å². The monoisotopic (exact) mass is 662 g/mol. The van der Waals surface area contributed by atoms with Crippen molar-refractivity contribution in [3.8, 4) is 0 Å². The molecular weight excluding hydrogens is 624 g/mol. The van der Waals surface area contributed by atoms with Gasteiger partial charge in [0.25, 0.3) is 0 Å². The fourth-order valence-electron chi connectivity index (χ4n) is 2.80. The lowest BCUT2D eigenvalue weighted by Gasteiger charge is -2.21. The number of hydrogen-bond acceptors (Lipinski definition) is 13. The van der Waals surface area contributed by atoms with Crippen LogP contribution in [0.5, 0.6) is 0 Å². The van der Waals surface area contributed by atoms with Gasteiger partial charge in [-0.15, -0.1) is 0 Å². The lowest BCUT2D eigenvalue weighted by Crippen LogP contribution is -2.55. The summed E-state index contributed by atoms with van der Waals surface area (Å²) < 4.78 is 0. The average Bonchev–Trinajstić information content (AvgIpc) is 3.01. The first-order valence-corrected chi connectivity index (χ1v) is 13.3. The van der Waals surface area contributed by atoms with Gasteiger partial charge in [-0.1, -0.05) is 0 Å². The zero-order chi connectivity index (χ0) is 35.2. The second kappa shape index (κ2) is 22.1. The molecule has 0 heterocycles. The molecule has 0 aromatic heterocycles. The third-order valence-corrected chi connectivity index (χ3v) is 5.18. The van der Waals surface area contributed by atoms with Crippen LogP contribution in [0.2, 0.25) is 0 Å². The molecule has 0 bridgehead atoms. The molecule has 9 amide bonds. The number of nitrogens with one attached hydrogen (secondary N) is 9. The third-order valence-electron chi connectivity index (χ3n) is 5.18. The maximum absolute atomic E-state index is 12.4. The van der Waals surface area contributed by atoms with Crippen LogP contribution in [0.1, 0.15) is 6.92 Å².